The molecule has 0 aliphatic carbocycles. The summed E-state index contributed by atoms with van der Waals surface area (Å²) in [6.07, 6.45) is 9.38. The molecule has 0 unspecified atom stereocenters. The van der Waals surface area contributed by atoms with E-state index in [4.69, 9.17) is 10.5 Å². The molecule has 66 heavy (non-hydrogen) atoms. The van der Waals surface area contributed by atoms with Crippen LogP contribution in [0.5, 0.6) is 0 Å². The second-order valence-electron chi connectivity index (χ2n) is 15.9. The van der Waals surface area contributed by atoms with Crippen molar-refractivity contribution >= 4 is 86.7 Å². The maximum atomic E-state index is 15.2. The molecule has 0 saturated heterocycles. The van der Waals surface area contributed by atoms with Crippen molar-refractivity contribution in [2.45, 2.75) is 25.7 Å². The van der Waals surface area contributed by atoms with Gasteiger partial charge in [0.2, 0.25) is 0 Å². The Morgan fingerprint density at radius 3 is 1.32 bits per heavy atom. The third-order valence-corrected chi connectivity index (χ3v) is 14.1. The Kier molecular flexibility index (Phi) is 10.5. The normalized spacial score (nSPS) is 11.4. The van der Waals surface area contributed by atoms with Gasteiger partial charge >= 0.3 is 0 Å². The molecule has 6 aromatic heterocycles. The molecular formula is C54H34F2N8S2. The van der Waals surface area contributed by atoms with E-state index in [0.29, 0.717) is 35.0 Å². The molecule has 0 spiro atoms. The van der Waals surface area contributed by atoms with Gasteiger partial charge in [0.25, 0.3) is 0 Å². The Bertz CT molecular complexity index is 3570. The lowest BCUT2D eigenvalue weighted by atomic mass is 10.1. The van der Waals surface area contributed by atoms with E-state index in [1.54, 1.807) is 47.7 Å². The van der Waals surface area contributed by atoms with Crippen molar-refractivity contribution < 1.29 is 8.78 Å². The van der Waals surface area contributed by atoms with Crippen LogP contribution in [0.15, 0.2) is 159 Å². The summed E-state index contributed by atoms with van der Waals surface area (Å²) in [6.45, 7) is 0. The zero-order valence-corrected chi connectivity index (χ0v) is 36.6. The fraction of sp³-hybridized carbons (Fsp3) is 0.0741. The largest absolute Gasteiger partial charge is 0.298 e. The molecule has 12 heteroatoms. The Labute approximate surface area is 384 Å². The molecule has 6 heterocycles. The fourth-order valence-corrected chi connectivity index (χ4v) is 10.6. The summed E-state index contributed by atoms with van der Waals surface area (Å²) in [4.78, 5) is 19.8. The summed E-state index contributed by atoms with van der Waals surface area (Å²) in [7, 11) is 0. The van der Waals surface area contributed by atoms with Gasteiger partial charge in [-0.1, -0.05) is 60.7 Å². The smallest absolute Gasteiger partial charge is 0.134 e. The number of benzene rings is 6. The summed E-state index contributed by atoms with van der Waals surface area (Å²) in [6, 6.07) is 47.6. The number of fused-ring (bicyclic) bond motifs is 8. The van der Waals surface area contributed by atoms with Crippen molar-refractivity contribution in [3.63, 3.8) is 0 Å². The number of aryl methyl sites for hydroxylation is 2. The lowest BCUT2D eigenvalue weighted by Gasteiger charge is -2.09. The van der Waals surface area contributed by atoms with E-state index in [-0.39, 0.29) is 11.6 Å². The summed E-state index contributed by atoms with van der Waals surface area (Å²) in [5.74, 6) is -0.567. The summed E-state index contributed by atoms with van der Waals surface area (Å²) >= 11 is 3.17. The van der Waals surface area contributed by atoms with Crippen LogP contribution in [0.4, 0.5) is 8.78 Å². The first-order valence-electron chi connectivity index (χ1n) is 21.2. The zero-order chi connectivity index (χ0) is 44.7. The molecule has 8 nitrogen and oxygen atoms in total. The molecule has 0 bridgehead atoms. The quantitative estimate of drug-likeness (QED) is 0.150. The van der Waals surface area contributed by atoms with Gasteiger partial charge in [0.1, 0.15) is 35.3 Å². The van der Waals surface area contributed by atoms with Crippen LogP contribution in [-0.2, 0) is 12.8 Å². The monoisotopic (exact) mass is 896 g/mol. The zero-order valence-electron chi connectivity index (χ0n) is 35.0. The lowest BCUT2D eigenvalue weighted by molar-refractivity contribution is 0.633. The molecular weight excluding hydrogens is 863 g/mol. The Hall–Kier alpha value is -8.16. The number of imidazole rings is 2. The first-order valence-corrected chi connectivity index (χ1v) is 22.9. The predicted molar refractivity (Wildman–Crippen MR) is 262 cm³/mol. The highest BCUT2D eigenvalue weighted by atomic mass is 32.1. The van der Waals surface area contributed by atoms with Crippen molar-refractivity contribution in [1.82, 2.24) is 29.1 Å². The number of pyridine rings is 2. The standard InChI is InChI=1S/2C27H17FN4S/c2*28-22-14-23-21(13-20(22)26-12-18-5-1-2-6-25(18)33-26)27-24(15-30-23)31-16-32(27)19-9-7-17(8-10-19)4-3-11-29/h2*1-2,5-10,12-16H,3-4H2. The van der Waals surface area contributed by atoms with E-state index in [1.165, 1.54) is 12.1 Å². The van der Waals surface area contributed by atoms with Crippen LogP contribution < -0.4 is 0 Å². The van der Waals surface area contributed by atoms with E-state index in [0.717, 1.165) is 98.1 Å². The van der Waals surface area contributed by atoms with Gasteiger partial charge in [0.05, 0.1) is 46.6 Å². The Balaban J connectivity index is 0.000000146. The third kappa shape index (κ3) is 7.48. The average Bonchev–Trinajstić information content (AvgIpc) is 4.18. The van der Waals surface area contributed by atoms with Gasteiger partial charge in [0.15, 0.2) is 0 Å². The van der Waals surface area contributed by atoms with E-state index >= 15 is 8.78 Å². The Morgan fingerprint density at radius 1 is 0.485 bits per heavy atom. The number of aromatic nitrogens is 6. The van der Waals surface area contributed by atoms with Crippen LogP contribution in [0.3, 0.4) is 0 Å². The second kappa shape index (κ2) is 17.1. The van der Waals surface area contributed by atoms with Crippen LogP contribution in [-0.4, -0.2) is 29.1 Å². The number of hydrogen-bond acceptors (Lipinski definition) is 8. The van der Waals surface area contributed by atoms with Gasteiger partial charge < -0.3 is 0 Å². The molecule has 0 amide bonds. The van der Waals surface area contributed by atoms with Crippen LogP contribution in [0, 0.1) is 34.3 Å². The van der Waals surface area contributed by atoms with Crippen LogP contribution in [0.25, 0.3) is 96.3 Å². The molecule has 0 N–H and O–H groups in total. The van der Waals surface area contributed by atoms with Crippen molar-refractivity contribution in [3.8, 4) is 44.4 Å². The van der Waals surface area contributed by atoms with Gasteiger partial charge in [-0.3, -0.25) is 19.1 Å². The number of nitrogens with zero attached hydrogens (tertiary/aromatic N) is 8. The SMILES string of the molecule is N#CCCc1ccc(-n2cnc3cnc4cc(F)c(-c5cc6ccccc6s5)cc4c32)cc1.N#CCCc1ccc(-n2cnc3cnc4cc(F)c(-c5cc6ccccc6s5)cc4c32)cc1. The van der Waals surface area contributed by atoms with Gasteiger partial charge in [0, 0.05) is 77.4 Å². The first-order chi connectivity index (χ1) is 32.4. The molecule has 0 aliphatic heterocycles. The molecule has 316 valence electrons. The van der Waals surface area contributed by atoms with Gasteiger partial charge in [-0.2, -0.15) is 10.5 Å². The topological polar surface area (TPSA) is 109 Å². The number of rotatable bonds is 8. The number of thiophene rings is 2. The van der Waals surface area contributed by atoms with Crippen LogP contribution in [0.2, 0.25) is 0 Å². The third-order valence-electron chi connectivity index (χ3n) is 11.8. The maximum absolute atomic E-state index is 15.2. The van der Waals surface area contributed by atoms with Crippen molar-refractivity contribution in [2.75, 3.05) is 0 Å². The molecule has 0 atom stereocenters. The van der Waals surface area contributed by atoms with Gasteiger partial charge in [-0.15, -0.1) is 22.7 Å². The Morgan fingerprint density at radius 2 is 0.909 bits per heavy atom. The van der Waals surface area contributed by atoms with Crippen molar-refractivity contribution in [2.24, 2.45) is 0 Å². The minimum absolute atomic E-state index is 0.284. The predicted octanol–water partition coefficient (Wildman–Crippen LogP) is 14.1. The summed E-state index contributed by atoms with van der Waals surface area (Å²) < 4.78 is 36.6. The maximum Gasteiger partial charge on any atom is 0.134 e. The van der Waals surface area contributed by atoms with E-state index in [2.05, 4.69) is 44.2 Å². The highest BCUT2D eigenvalue weighted by molar-refractivity contribution is 7.22. The van der Waals surface area contributed by atoms with E-state index in [9.17, 15) is 0 Å². The van der Waals surface area contributed by atoms with E-state index < -0.39 is 0 Å². The molecule has 0 radical (unpaired) electrons. The molecule has 12 rings (SSSR count). The first kappa shape index (κ1) is 40.6. The highest BCUT2D eigenvalue weighted by Gasteiger charge is 2.18. The lowest BCUT2D eigenvalue weighted by Crippen LogP contribution is -1.95. The van der Waals surface area contributed by atoms with Gasteiger partial charge in [-0.25, -0.2) is 18.7 Å². The fourth-order valence-electron chi connectivity index (χ4n) is 8.47. The summed E-state index contributed by atoms with van der Waals surface area (Å²) in [5.41, 5.74) is 9.77. The van der Waals surface area contributed by atoms with Crippen LogP contribution >= 0.6 is 22.7 Å². The molecule has 0 saturated carbocycles. The van der Waals surface area contributed by atoms with Crippen molar-refractivity contribution in [3.05, 3.63) is 181 Å². The minimum Gasteiger partial charge on any atom is -0.298 e. The second-order valence-corrected chi connectivity index (χ2v) is 18.0. The molecule has 12 aromatic rings. The molecule has 0 aliphatic rings. The number of halogens is 2. The number of hydrogen-bond donors (Lipinski definition) is 0. The van der Waals surface area contributed by atoms with Crippen LogP contribution in [0.1, 0.15) is 24.0 Å². The highest BCUT2D eigenvalue weighted by Crippen LogP contribution is 2.40. The molecule has 6 aromatic carbocycles. The average molecular weight is 897 g/mol. The number of nitriles is 2. The summed E-state index contributed by atoms with van der Waals surface area (Å²) in [5, 5.41) is 21.6. The van der Waals surface area contributed by atoms with Gasteiger partial charge in [-0.05, 0) is 95.4 Å². The molecule has 0 fully saturated rings. The minimum atomic E-state index is -0.284. The van der Waals surface area contributed by atoms with Crippen molar-refractivity contribution in [1.29, 1.82) is 10.5 Å². The van der Waals surface area contributed by atoms with E-state index in [1.807, 2.05) is 118 Å².